The van der Waals surface area contributed by atoms with E-state index >= 15 is 0 Å². The van der Waals surface area contributed by atoms with Gasteiger partial charge in [-0.3, -0.25) is 4.79 Å². The second-order valence-corrected chi connectivity index (χ2v) is 7.55. The summed E-state index contributed by atoms with van der Waals surface area (Å²) in [5.74, 6) is -0.350. The average Bonchev–Trinajstić information content (AvgIpc) is 3.03. The summed E-state index contributed by atoms with van der Waals surface area (Å²) >= 11 is 7.39. The van der Waals surface area contributed by atoms with Crippen LogP contribution >= 0.6 is 22.9 Å². The molecule has 8 heteroatoms. The van der Waals surface area contributed by atoms with Crippen LogP contribution in [0.3, 0.4) is 0 Å². The van der Waals surface area contributed by atoms with Gasteiger partial charge in [0, 0.05) is 22.5 Å². The Balaban J connectivity index is 1.75. The molecule has 0 aliphatic carbocycles. The maximum absolute atomic E-state index is 12.3. The van der Waals surface area contributed by atoms with Gasteiger partial charge in [0.25, 0.3) is 0 Å². The zero-order valence-electron chi connectivity index (χ0n) is 15.2. The quantitative estimate of drug-likeness (QED) is 0.748. The molecule has 1 aliphatic rings. The highest BCUT2D eigenvalue weighted by Crippen LogP contribution is 2.36. The normalized spacial score (nSPS) is 13.1. The van der Waals surface area contributed by atoms with Gasteiger partial charge in [-0.25, -0.2) is 4.79 Å². The first kappa shape index (κ1) is 19.9. The van der Waals surface area contributed by atoms with Gasteiger partial charge in [0.1, 0.15) is 11.1 Å². The van der Waals surface area contributed by atoms with Crippen LogP contribution in [0.4, 0.5) is 9.80 Å². The summed E-state index contributed by atoms with van der Waals surface area (Å²) in [6.45, 7) is 2.93. The molecular weight excluding hydrogens is 398 g/mol. The molecule has 0 spiro atoms. The number of benzene rings is 1. The molecule has 0 radical (unpaired) electrons. The number of rotatable bonds is 4. The van der Waals surface area contributed by atoms with Crippen LogP contribution < -0.4 is 5.32 Å². The van der Waals surface area contributed by atoms with E-state index in [1.807, 2.05) is 12.1 Å². The molecule has 3 rings (SSSR count). The minimum Gasteiger partial charge on any atom is -0.450 e. The lowest BCUT2D eigenvalue weighted by Crippen LogP contribution is -2.35. The second-order valence-electron chi connectivity index (χ2n) is 6.03. The van der Waals surface area contributed by atoms with Crippen molar-refractivity contribution in [2.75, 3.05) is 18.5 Å². The number of nitriles is 1. The first-order valence-electron chi connectivity index (χ1n) is 8.73. The van der Waals surface area contributed by atoms with Crippen LogP contribution in [-0.4, -0.2) is 30.1 Å². The van der Waals surface area contributed by atoms with Crippen LogP contribution in [0.2, 0.25) is 5.02 Å². The SMILES string of the molecule is CCOC(=O)N1CCc2c(sc(NC(=O)/C=C/c3ccccc3Cl)c2C#N)C1. The highest BCUT2D eigenvalue weighted by molar-refractivity contribution is 7.16. The lowest BCUT2D eigenvalue weighted by molar-refractivity contribution is -0.111. The molecule has 0 saturated heterocycles. The Labute approximate surface area is 172 Å². The number of thiophene rings is 1. The molecule has 1 aromatic carbocycles. The summed E-state index contributed by atoms with van der Waals surface area (Å²) in [6, 6.07) is 9.38. The van der Waals surface area contributed by atoms with E-state index in [0.29, 0.717) is 41.7 Å². The van der Waals surface area contributed by atoms with Crippen molar-refractivity contribution in [3.05, 3.63) is 56.9 Å². The Hall–Kier alpha value is -2.82. The Morgan fingerprint density at radius 3 is 2.93 bits per heavy atom. The van der Waals surface area contributed by atoms with Gasteiger partial charge in [0.05, 0.1) is 18.7 Å². The van der Waals surface area contributed by atoms with Crippen molar-refractivity contribution in [1.82, 2.24) is 4.90 Å². The number of ether oxygens (including phenoxy) is 1. The van der Waals surface area contributed by atoms with E-state index in [4.69, 9.17) is 16.3 Å². The fourth-order valence-corrected chi connectivity index (χ4v) is 4.33. The molecule has 2 aromatic rings. The number of hydrogen-bond donors (Lipinski definition) is 1. The predicted octanol–water partition coefficient (Wildman–Crippen LogP) is 4.44. The smallest absolute Gasteiger partial charge is 0.410 e. The minimum absolute atomic E-state index is 0.315. The maximum Gasteiger partial charge on any atom is 0.410 e. The zero-order chi connectivity index (χ0) is 20.1. The fourth-order valence-electron chi connectivity index (χ4n) is 2.91. The van der Waals surface area contributed by atoms with Gasteiger partial charge < -0.3 is 15.0 Å². The lowest BCUT2D eigenvalue weighted by atomic mass is 10.0. The molecule has 6 nitrogen and oxygen atoms in total. The van der Waals surface area contributed by atoms with Crippen molar-refractivity contribution >= 4 is 46.0 Å². The Morgan fingerprint density at radius 2 is 2.21 bits per heavy atom. The van der Waals surface area contributed by atoms with Crippen LogP contribution in [0.1, 0.15) is 28.5 Å². The molecule has 28 heavy (non-hydrogen) atoms. The van der Waals surface area contributed by atoms with Crippen molar-refractivity contribution in [2.24, 2.45) is 0 Å². The largest absolute Gasteiger partial charge is 0.450 e. The van der Waals surface area contributed by atoms with E-state index < -0.39 is 0 Å². The van der Waals surface area contributed by atoms with E-state index in [2.05, 4.69) is 11.4 Å². The number of hydrogen-bond acceptors (Lipinski definition) is 5. The number of anilines is 1. The van der Waals surface area contributed by atoms with Crippen molar-refractivity contribution < 1.29 is 14.3 Å². The average molecular weight is 416 g/mol. The van der Waals surface area contributed by atoms with Gasteiger partial charge in [-0.1, -0.05) is 29.8 Å². The lowest BCUT2D eigenvalue weighted by Gasteiger charge is -2.25. The first-order valence-corrected chi connectivity index (χ1v) is 9.92. The van der Waals surface area contributed by atoms with Crippen molar-refractivity contribution in [3.63, 3.8) is 0 Å². The van der Waals surface area contributed by atoms with Crippen molar-refractivity contribution in [3.8, 4) is 6.07 Å². The van der Waals surface area contributed by atoms with E-state index in [0.717, 1.165) is 16.0 Å². The van der Waals surface area contributed by atoms with Gasteiger partial charge in [-0.05, 0) is 36.6 Å². The van der Waals surface area contributed by atoms with Crippen molar-refractivity contribution in [1.29, 1.82) is 5.26 Å². The first-order chi connectivity index (χ1) is 13.5. The topological polar surface area (TPSA) is 82.4 Å². The van der Waals surface area contributed by atoms with Crippen LogP contribution in [0.5, 0.6) is 0 Å². The number of fused-ring (bicyclic) bond motifs is 1. The summed E-state index contributed by atoms with van der Waals surface area (Å²) in [5, 5.41) is 13.4. The highest BCUT2D eigenvalue weighted by atomic mass is 35.5. The highest BCUT2D eigenvalue weighted by Gasteiger charge is 2.27. The number of carbonyl (C=O) groups excluding carboxylic acids is 2. The molecular formula is C20H18ClN3O3S. The van der Waals surface area contributed by atoms with Crippen LogP contribution in [0.15, 0.2) is 30.3 Å². The second kappa shape index (κ2) is 8.91. The zero-order valence-corrected chi connectivity index (χ0v) is 16.8. The van der Waals surface area contributed by atoms with Crippen LogP contribution in [-0.2, 0) is 22.5 Å². The molecule has 0 saturated carbocycles. The van der Waals surface area contributed by atoms with Crippen LogP contribution in [0, 0.1) is 11.3 Å². The molecule has 0 unspecified atom stereocenters. The molecule has 144 valence electrons. The molecule has 0 bridgehead atoms. The van der Waals surface area contributed by atoms with Crippen molar-refractivity contribution in [2.45, 2.75) is 19.9 Å². The molecule has 1 aliphatic heterocycles. The number of amides is 2. The van der Waals surface area contributed by atoms with Gasteiger partial charge in [0.15, 0.2) is 0 Å². The molecule has 0 atom stereocenters. The van der Waals surface area contributed by atoms with E-state index in [9.17, 15) is 14.9 Å². The number of halogens is 1. The third-order valence-electron chi connectivity index (χ3n) is 4.25. The van der Waals surface area contributed by atoms with E-state index in [-0.39, 0.29) is 12.0 Å². The fraction of sp³-hybridized carbons (Fsp3) is 0.250. The molecule has 2 amide bonds. The van der Waals surface area contributed by atoms with Crippen LogP contribution in [0.25, 0.3) is 6.08 Å². The standard InChI is InChI=1S/C20H18ClN3O3S/c1-2-27-20(26)24-10-9-14-15(11-22)19(28-17(14)12-24)23-18(25)8-7-13-5-3-4-6-16(13)21/h3-8H,2,9-10,12H2,1H3,(H,23,25)/b8-7+. The molecule has 1 N–H and O–H groups in total. The molecule has 1 aromatic heterocycles. The predicted molar refractivity (Wildman–Crippen MR) is 109 cm³/mol. The number of carbonyl (C=O) groups is 2. The molecule has 0 fully saturated rings. The van der Waals surface area contributed by atoms with Gasteiger partial charge in [0.2, 0.25) is 5.91 Å². The van der Waals surface area contributed by atoms with Gasteiger partial charge >= 0.3 is 6.09 Å². The van der Waals surface area contributed by atoms with Gasteiger partial charge in [-0.15, -0.1) is 11.3 Å². The van der Waals surface area contributed by atoms with E-state index in [1.165, 1.54) is 17.4 Å². The summed E-state index contributed by atoms with van der Waals surface area (Å²) in [4.78, 5) is 26.7. The Bertz CT molecular complexity index is 978. The third-order valence-corrected chi connectivity index (χ3v) is 5.73. The summed E-state index contributed by atoms with van der Waals surface area (Å²) in [7, 11) is 0. The third kappa shape index (κ3) is 4.35. The molecule has 2 heterocycles. The summed E-state index contributed by atoms with van der Waals surface area (Å²) < 4.78 is 5.04. The number of nitrogens with one attached hydrogen (secondary N) is 1. The Kier molecular flexibility index (Phi) is 6.34. The van der Waals surface area contributed by atoms with E-state index in [1.54, 1.807) is 30.0 Å². The minimum atomic E-state index is -0.367. The summed E-state index contributed by atoms with van der Waals surface area (Å²) in [5.41, 5.74) is 2.08. The number of nitrogens with zero attached hydrogens (tertiary/aromatic N) is 2. The van der Waals surface area contributed by atoms with Gasteiger partial charge in [-0.2, -0.15) is 5.26 Å². The Morgan fingerprint density at radius 1 is 1.43 bits per heavy atom. The summed E-state index contributed by atoms with van der Waals surface area (Å²) in [6.07, 6.45) is 3.19. The maximum atomic E-state index is 12.3. The monoisotopic (exact) mass is 415 g/mol.